The minimum absolute atomic E-state index is 0.0401. The molecule has 1 N–H and O–H groups in total. The Kier molecular flexibility index (Phi) is 10.2. The lowest BCUT2D eigenvalue weighted by Gasteiger charge is -2.32. The van der Waals surface area contributed by atoms with Gasteiger partial charge in [-0.15, -0.1) is 0 Å². The molecule has 2 rings (SSSR count). The first kappa shape index (κ1) is 28.4. The number of hydrogen-bond donors (Lipinski definition) is 1. The zero-order chi connectivity index (χ0) is 25.6. The third-order valence-electron chi connectivity index (χ3n) is 5.31. The molecule has 2 aromatic carbocycles. The van der Waals surface area contributed by atoms with Crippen LogP contribution in [0.2, 0.25) is 10.0 Å². The molecule has 0 fully saturated rings. The highest BCUT2D eigenvalue weighted by atomic mass is 79.9. The quantitative estimate of drug-likeness (QED) is 0.427. The Balaban J connectivity index is 2.42. The summed E-state index contributed by atoms with van der Waals surface area (Å²) in [5.41, 5.74) is 0.974. The highest BCUT2D eigenvalue weighted by Crippen LogP contribution is 2.28. The molecule has 0 spiro atoms. The van der Waals surface area contributed by atoms with Gasteiger partial charge < -0.3 is 10.2 Å². The third-order valence-corrected chi connectivity index (χ3v) is 7.84. The van der Waals surface area contributed by atoms with Crippen molar-refractivity contribution < 1.29 is 18.0 Å². The van der Waals surface area contributed by atoms with E-state index in [2.05, 4.69) is 21.2 Å². The molecule has 11 heteroatoms. The highest BCUT2D eigenvalue weighted by molar-refractivity contribution is 9.10. The normalized spacial score (nSPS) is 13.1. The molecule has 0 saturated heterocycles. The summed E-state index contributed by atoms with van der Waals surface area (Å²) < 4.78 is 26.7. The Labute approximate surface area is 219 Å². The first-order valence-corrected chi connectivity index (χ1v) is 14.0. The van der Waals surface area contributed by atoms with Crippen LogP contribution in [0.25, 0.3) is 0 Å². The fourth-order valence-corrected chi connectivity index (χ4v) is 4.93. The van der Waals surface area contributed by atoms with Gasteiger partial charge in [-0.3, -0.25) is 13.9 Å². The predicted molar refractivity (Wildman–Crippen MR) is 141 cm³/mol. The van der Waals surface area contributed by atoms with Gasteiger partial charge in [0.1, 0.15) is 12.6 Å². The topological polar surface area (TPSA) is 86.8 Å². The summed E-state index contributed by atoms with van der Waals surface area (Å²) in [5.74, 6) is -0.881. The molecule has 0 aromatic heterocycles. The summed E-state index contributed by atoms with van der Waals surface area (Å²) >= 11 is 15.5. The minimum Gasteiger partial charge on any atom is -0.352 e. The maximum Gasteiger partial charge on any atom is 0.244 e. The van der Waals surface area contributed by atoms with Crippen molar-refractivity contribution in [2.75, 3.05) is 17.1 Å². The van der Waals surface area contributed by atoms with E-state index in [4.69, 9.17) is 23.2 Å². The van der Waals surface area contributed by atoms with Crippen molar-refractivity contribution in [2.45, 2.75) is 45.8 Å². The highest BCUT2D eigenvalue weighted by Gasteiger charge is 2.31. The lowest BCUT2D eigenvalue weighted by Crippen LogP contribution is -2.52. The van der Waals surface area contributed by atoms with Gasteiger partial charge in [-0.05, 0) is 66.0 Å². The third kappa shape index (κ3) is 7.60. The number of carbonyl (C=O) groups excluding carboxylic acids is 2. The van der Waals surface area contributed by atoms with Gasteiger partial charge in [-0.2, -0.15) is 0 Å². The van der Waals surface area contributed by atoms with Crippen LogP contribution in [0.3, 0.4) is 0 Å². The van der Waals surface area contributed by atoms with E-state index in [1.165, 1.54) is 4.90 Å². The first-order chi connectivity index (χ1) is 15.8. The van der Waals surface area contributed by atoms with Gasteiger partial charge in [0, 0.05) is 17.1 Å². The molecule has 0 unspecified atom stereocenters. The standard InChI is InChI=1S/C23H28BrCl2N3O4S/c1-5-15(2)27-23(31)16(3)28(13-17-10-11-19(25)20(26)12-17)22(30)14-29(34(4,32)33)21-9-7-6-8-18(21)24/h6-12,15-16H,5,13-14H2,1-4H3,(H,27,31)/t15-,16-/m1/s1. The van der Waals surface area contributed by atoms with Crippen LogP contribution in [0.4, 0.5) is 5.69 Å². The SMILES string of the molecule is CC[C@@H](C)NC(=O)[C@@H](C)N(Cc1ccc(Cl)c(Cl)c1)C(=O)CN(c1ccccc1Br)S(C)(=O)=O. The van der Waals surface area contributed by atoms with Gasteiger partial charge in [0.25, 0.3) is 0 Å². The second kappa shape index (κ2) is 12.2. The Bertz CT molecular complexity index is 1150. The van der Waals surface area contributed by atoms with E-state index in [1.54, 1.807) is 49.4 Å². The van der Waals surface area contributed by atoms with E-state index in [0.717, 1.165) is 17.0 Å². The van der Waals surface area contributed by atoms with Crippen molar-refractivity contribution in [1.29, 1.82) is 0 Å². The van der Waals surface area contributed by atoms with Crippen LogP contribution < -0.4 is 9.62 Å². The summed E-state index contributed by atoms with van der Waals surface area (Å²) in [6.07, 6.45) is 1.76. The lowest BCUT2D eigenvalue weighted by molar-refractivity contribution is -0.139. The number of rotatable bonds is 10. The molecule has 0 aliphatic carbocycles. The van der Waals surface area contributed by atoms with Gasteiger partial charge in [-0.25, -0.2) is 8.42 Å². The number of hydrogen-bond acceptors (Lipinski definition) is 4. The Morgan fingerprint density at radius 1 is 1.09 bits per heavy atom. The van der Waals surface area contributed by atoms with Crippen molar-refractivity contribution in [3.8, 4) is 0 Å². The van der Waals surface area contributed by atoms with Crippen LogP contribution in [-0.2, 0) is 26.2 Å². The number of nitrogens with zero attached hydrogens (tertiary/aromatic N) is 2. The van der Waals surface area contributed by atoms with E-state index in [1.807, 2.05) is 13.8 Å². The number of carbonyl (C=O) groups is 2. The molecule has 0 aliphatic heterocycles. The van der Waals surface area contributed by atoms with E-state index >= 15 is 0 Å². The van der Waals surface area contributed by atoms with Gasteiger partial charge >= 0.3 is 0 Å². The molecule has 0 aliphatic rings. The Morgan fingerprint density at radius 3 is 2.29 bits per heavy atom. The molecule has 2 aromatic rings. The molecular weight excluding hydrogens is 565 g/mol. The van der Waals surface area contributed by atoms with E-state index in [0.29, 0.717) is 25.8 Å². The van der Waals surface area contributed by atoms with Crippen LogP contribution in [0.1, 0.15) is 32.8 Å². The molecular formula is C23H28BrCl2N3O4S. The fourth-order valence-electron chi connectivity index (χ4n) is 3.13. The molecule has 0 radical (unpaired) electrons. The molecule has 0 heterocycles. The van der Waals surface area contributed by atoms with Gasteiger partial charge in [-0.1, -0.05) is 48.3 Å². The van der Waals surface area contributed by atoms with Crippen molar-refractivity contribution >= 4 is 66.7 Å². The molecule has 34 heavy (non-hydrogen) atoms. The van der Waals surface area contributed by atoms with Crippen molar-refractivity contribution in [3.05, 3.63) is 62.5 Å². The Morgan fingerprint density at radius 2 is 1.74 bits per heavy atom. The first-order valence-electron chi connectivity index (χ1n) is 10.6. The monoisotopic (exact) mass is 591 g/mol. The van der Waals surface area contributed by atoms with Crippen molar-refractivity contribution in [3.63, 3.8) is 0 Å². The van der Waals surface area contributed by atoms with Crippen LogP contribution in [0.15, 0.2) is 46.9 Å². The molecule has 186 valence electrons. The van der Waals surface area contributed by atoms with Crippen molar-refractivity contribution in [2.24, 2.45) is 0 Å². The summed E-state index contributed by atoms with van der Waals surface area (Å²) in [6.45, 7) is 4.97. The summed E-state index contributed by atoms with van der Waals surface area (Å²) in [7, 11) is -3.81. The zero-order valence-electron chi connectivity index (χ0n) is 19.4. The molecule has 0 bridgehead atoms. The van der Waals surface area contributed by atoms with E-state index in [9.17, 15) is 18.0 Å². The summed E-state index contributed by atoms with van der Waals surface area (Å²) in [5, 5.41) is 3.55. The van der Waals surface area contributed by atoms with Crippen LogP contribution >= 0.6 is 39.1 Å². The van der Waals surface area contributed by atoms with Crippen LogP contribution in [0, 0.1) is 0 Å². The summed E-state index contributed by atoms with van der Waals surface area (Å²) in [4.78, 5) is 27.7. The average Bonchev–Trinajstić information content (AvgIpc) is 2.77. The number of halogens is 3. The Hall–Kier alpha value is -1.81. The number of benzene rings is 2. The second-order valence-corrected chi connectivity index (χ2v) is 11.6. The molecule has 2 atom stereocenters. The number of amides is 2. The second-order valence-electron chi connectivity index (χ2n) is 7.99. The fraction of sp³-hybridized carbons (Fsp3) is 0.391. The minimum atomic E-state index is -3.81. The number of nitrogens with one attached hydrogen (secondary N) is 1. The maximum atomic E-state index is 13.5. The zero-order valence-corrected chi connectivity index (χ0v) is 23.3. The molecule has 2 amide bonds. The molecule has 7 nitrogen and oxygen atoms in total. The van der Waals surface area contributed by atoms with Gasteiger partial charge in [0.15, 0.2) is 0 Å². The van der Waals surface area contributed by atoms with Crippen LogP contribution in [-0.4, -0.2) is 50.0 Å². The summed E-state index contributed by atoms with van der Waals surface area (Å²) in [6, 6.07) is 10.7. The van der Waals surface area contributed by atoms with Crippen molar-refractivity contribution in [1.82, 2.24) is 10.2 Å². The van der Waals surface area contributed by atoms with E-state index in [-0.39, 0.29) is 18.5 Å². The number of sulfonamides is 1. The van der Waals surface area contributed by atoms with E-state index < -0.39 is 28.5 Å². The molecule has 0 saturated carbocycles. The largest absolute Gasteiger partial charge is 0.352 e. The number of anilines is 1. The van der Waals surface area contributed by atoms with Crippen LogP contribution in [0.5, 0.6) is 0 Å². The predicted octanol–water partition coefficient (Wildman–Crippen LogP) is 4.85. The lowest BCUT2D eigenvalue weighted by atomic mass is 10.1. The maximum absolute atomic E-state index is 13.5. The van der Waals surface area contributed by atoms with Gasteiger partial charge in [0.2, 0.25) is 21.8 Å². The number of para-hydroxylation sites is 1. The average molecular weight is 593 g/mol. The van der Waals surface area contributed by atoms with Gasteiger partial charge in [0.05, 0.1) is 22.0 Å². The smallest absolute Gasteiger partial charge is 0.244 e.